The van der Waals surface area contributed by atoms with Crippen molar-refractivity contribution in [2.24, 2.45) is 0 Å². The Kier molecular flexibility index (Phi) is 11.9. The Balaban J connectivity index is 1.17. The number of carbonyl (C=O) groups excluding carboxylic acids is 2. The summed E-state index contributed by atoms with van der Waals surface area (Å²) >= 11 is 0. The zero-order valence-electron chi connectivity index (χ0n) is 24.7. The number of hydrogen-bond donors (Lipinski definition) is 3. The van der Waals surface area contributed by atoms with Crippen LogP contribution in [-0.2, 0) is 16.0 Å². The van der Waals surface area contributed by atoms with Gasteiger partial charge in [0.25, 0.3) is 0 Å². The van der Waals surface area contributed by atoms with Gasteiger partial charge >= 0.3 is 5.97 Å². The monoisotopic (exact) mass is 587 g/mol. The van der Waals surface area contributed by atoms with E-state index in [1.807, 2.05) is 24.3 Å². The van der Waals surface area contributed by atoms with Crippen LogP contribution in [0.3, 0.4) is 0 Å². The number of pyridine rings is 1. The molecular formula is C34H41N3O6. The Bertz CT molecular complexity index is 1330. The maximum absolute atomic E-state index is 12.4. The van der Waals surface area contributed by atoms with E-state index in [0.717, 1.165) is 44.3 Å². The average molecular weight is 588 g/mol. The lowest BCUT2D eigenvalue weighted by Gasteiger charge is -2.29. The van der Waals surface area contributed by atoms with E-state index < -0.39 is 5.97 Å². The van der Waals surface area contributed by atoms with Gasteiger partial charge in [-0.25, -0.2) is 9.78 Å². The van der Waals surface area contributed by atoms with Crippen LogP contribution in [0.2, 0.25) is 0 Å². The molecule has 0 bridgehead atoms. The molecule has 3 aromatic rings. The Morgan fingerprint density at radius 1 is 0.860 bits per heavy atom. The van der Waals surface area contributed by atoms with Gasteiger partial charge in [-0.15, -0.1) is 0 Å². The van der Waals surface area contributed by atoms with Crippen LogP contribution in [0.5, 0.6) is 17.4 Å². The number of nitrogens with zero attached hydrogens (tertiary/aromatic N) is 1. The van der Waals surface area contributed by atoms with Gasteiger partial charge in [-0.05, 0) is 74.1 Å². The molecule has 1 fully saturated rings. The van der Waals surface area contributed by atoms with Gasteiger partial charge in [0.15, 0.2) is 0 Å². The van der Waals surface area contributed by atoms with Crippen LogP contribution in [0.4, 0.5) is 5.69 Å². The predicted molar refractivity (Wildman–Crippen MR) is 165 cm³/mol. The molecule has 1 saturated carbocycles. The van der Waals surface area contributed by atoms with E-state index in [9.17, 15) is 19.5 Å². The van der Waals surface area contributed by atoms with Gasteiger partial charge < -0.3 is 25.2 Å². The molecule has 0 aliphatic heterocycles. The van der Waals surface area contributed by atoms with Crippen LogP contribution in [0.1, 0.15) is 87.1 Å². The summed E-state index contributed by atoms with van der Waals surface area (Å²) in [6, 6.07) is 17.3. The van der Waals surface area contributed by atoms with Crippen molar-refractivity contribution in [2.75, 3.05) is 5.32 Å². The molecule has 1 aromatic heterocycles. The fourth-order valence-electron chi connectivity index (χ4n) is 5.15. The summed E-state index contributed by atoms with van der Waals surface area (Å²) in [5.41, 5.74) is 0.948. The molecule has 1 aliphatic carbocycles. The van der Waals surface area contributed by atoms with E-state index in [4.69, 9.17) is 9.47 Å². The minimum Gasteiger partial charge on any atom is -0.490 e. The largest absolute Gasteiger partial charge is 0.490 e. The van der Waals surface area contributed by atoms with Crippen molar-refractivity contribution in [1.29, 1.82) is 0 Å². The summed E-state index contributed by atoms with van der Waals surface area (Å²) in [4.78, 5) is 40.3. The summed E-state index contributed by atoms with van der Waals surface area (Å²) in [7, 11) is 0. The molecule has 0 atom stereocenters. The first-order chi connectivity index (χ1) is 20.9. The summed E-state index contributed by atoms with van der Waals surface area (Å²) in [6.07, 6.45) is 11.8. The van der Waals surface area contributed by atoms with Crippen LogP contribution in [-0.4, -0.2) is 40.0 Å². The fraction of sp³-hybridized carbons (Fsp3) is 0.412. The summed E-state index contributed by atoms with van der Waals surface area (Å²) in [5.74, 6) is 0.487. The first kappa shape index (κ1) is 31.5. The standard InChI is InChI=1S/C34H41N3O6/c1-2-3-4-5-6-11-31(38)36-25-13-15-26(16-14-25)42-27-17-19-28(20-18-27)43-33-21-12-24(23-35-33)22-32(39)37-30-10-8-7-9-29(30)34(40)41/h7-10,12,17-21,23,25-26H,2-6,11,13-16,22H2,1H3,(H,36,38)(H,37,39)(H,40,41). The molecule has 9 heteroatoms. The van der Waals surface area contributed by atoms with E-state index in [1.54, 1.807) is 36.5 Å². The molecular weight excluding hydrogens is 546 g/mol. The highest BCUT2D eigenvalue weighted by molar-refractivity contribution is 6.00. The number of anilines is 1. The second kappa shape index (κ2) is 16.3. The summed E-state index contributed by atoms with van der Waals surface area (Å²) in [5, 5.41) is 15.1. The number of aromatic nitrogens is 1. The molecule has 4 rings (SSSR count). The predicted octanol–water partition coefficient (Wildman–Crippen LogP) is 6.92. The van der Waals surface area contributed by atoms with Gasteiger partial charge in [-0.1, -0.05) is 50.8 Å². The lowest BCUT2D eigenvalue weighted by molar-refractivity contribution is -0.122. The molecule has 0 spiro atoms. The zero-order chi connectivity index (χ0) is 30.4. The van der Waals surface area contributed by atoms with Crippen molar-refractivity contribution < 1.29 is 29.0 Å². The first-order valence-electron chi connectivity index (χ1n) is 15.2. The molecule has 0 radical (unpaired) electrons. The molecule has 3 N–H and O–H groups in total. The van der Waals surface area contributed by atoms with Crippen molar-refractivity contribution >= 4 is 23.5 Å². The number of hydrogen-bond acceptors (Lipinski definition) is 6. The number of rotatable bonds is 15. The van der Waals surface area contributed by atoms with Crippen LogP contribution in [0.15, 0.2) is 66.9 Å². The second-order valence-electron chi connectivity index (χ2n) is 11.0. The smallest absolute Gasteiger partial charge is 0.337 e. The number of aromatic carboxylic acids is 1. The van der Waals surface area contributed by atoms with Crippen LogP contribution >= 0.6 is 0 Å². The highest BCUT2D eigenvalue weighted by Crippen LogP contribution is 2.27. The van der Waals surface area contributed by atoms with Crippen LogP contribution in [0, 0.1) is 0 Å². The number of carboxylic acids is 1. The first-order valence-corrected chi connectivity index (χ1v) is 15.2. The van der Waals surface area contributed by atoms with Gasteiger partial charge in [-0.2, -0.15) is 0 Å². The lowest BCUT2D eigenvalue weighted by atomic mass is 9.92. The second-order valence-corrected chi connectivity index (χ2v) is 11.0. The number of ether oxygens (including phenoxy) is 2. The van der Waals surface area contributed by atoms with E-state index in [-0.39, 0.29) is 41.6 Å². The SMILES string of the molecule is CCCCCCCC(=O)NC1CCC(Oc2ccc(Oc3ccc(CC(=O)Nc4ccccc4C(=O)O)cn3)cc2)CC1. The van der Waals surface area contributed by atoms with Gasteiger partial charge in [0.05, 0.1) is 23.8 Å². The Hall–Kier alpha value is -4.40. The Morgan fingerprint density at radius 2 is 1.58 bits per heavy atom. The maximum Gasteiger partial charge on any atom is 0.337 e. The van der Waals surface area contributed by atoms with E-state index in [2.05, 4.69) is 22.5 Å². The molecule has 43 heavy (non-hydrogen) atoms. The third-order valence-electron chi connectivity index (χ3n) is 7.49. The molecule has 1 aliphatic rings. The average Bonchev–Trinajstić information content (AvgIpc) is 3.00. The minimum absolute atomic E-state index is 0.0330. The fourth-order valence-corrected chi connectivity index (χ4v) is 5.15. The third kappa shape index (κ3) is 10.4. The number of carboxylic acid groups (broad SMARTS) is 1. The number of para-hydroxylation sites is 1. The van der Waals surface area contributed by atoms with E-state index in [1.165, 1.54) is 25.3 Å². The molecule has 0 saturated heterocycles. The number of carbonyl (C=O) groups is 3. The number of amides is 2. The van der Waals surface area contributed by atoms with Crippen molar-refractivity contribution in [3.05, 3.63) is 78.0 Å². The summed E-state index contributed by atoms with van der Waals surface area (Å²) in [6.45, 7) is 2.19. The van der Waals surface area contributed by atoms with Gasteiger partial charge in [-0.3, -0.25) is 9.59 Å². The highest BCUT2D eigenvalue weighted by Gasteiger charge is 2.23. The van der Waals surface area contributed by atoms with E-state index in [0.29, 0.717) is 23.6 Å². The zero-order valence-corrected chi connectivity index (χ0v) is 24.7. The van der Waals surface area contributed by atoms with Gasteiger partial charge in [0.2, 0.25) is 17.7 Å². The van der Waals surface area contributed by atoms with Crippen molar-refractivity contribution in [2.45, 2.75) is 89.7 Å². The van der Waals surface area contributed by atoms with Crippen molar-refractivity contribution in [3.63, 3.8) is 0 Å². The molecule has 1 heterocycles. The topological polar surface area (TPSA) is 127 Å². The number of nitrogens with one attached hydrogen (secondary N) is 2. The van der Waals surface area contributed by atoms with Gasteiger partial charge in [0, 0.05) is 24.7 Å². The van der Waals surface area contributed by atoms with Gasteiger partial charge in [0.1, 0.15) is 11.5 Å². The third-order valence-corrected chi connectivity index (χ3v) is 7.49. The highest BCUT2D eigenvalue weighted by atomic mass is 16.5. The maximum atomic E-state index is 12.4. The van der Waals surface area contributed by atoms with Crippen molar-refractivity contribution in [3.8, 4) is 17.4 Å². The minimum atomic E-state index is -1.11. The van der Waals surface area contributed by atoms with E-state index >= 15 is 0 Å². The quantitative estimate of drug-likeness (QED) is 0.165. The molecule has 2 amide bonds. The van der Waals surface area contributed by atoms with Crippen molar-refractivity contribution in [1.82, 2.24) is 10.3 Å². The summed E-state index contributed by atoms with van der Waals surface area (Å²) < 4.78 is 12.0. The number of benzene rings is 2. The molecule has 0 unspecified atom stereocenters. The lowest BCUT2D eigenvalue weighted by Crippen LogP contribution is -2.39. The normalized spacial score (nSPS) is 16.2. The van der Waals surface area contributed by atoms with Crippen LogP contribution < -0.4 is 20.1 Å². The molecule has 9 nitrogen and oxygen atoms in total. The molecule has 228 valence electrons. The number of unbranched alkanes of at least 4 members (excludes halogenated alkanes) is 4. The Morgan fingerprint density at radius 3 is 2.28 bits per heavy atom. The van der Waals surface area contributed by atoms with Crippen LogP contribution in [0.25, 0.3) is 0 Å². The Labute approximate surface area is 253 Å². The molecule has 2 aromatic carbocycles.